The second-order valence-electron chi connectivity index (χ2n) is 5.62. The largest absolute Gasteiger partial charge is 0.369 e. The molecular weight excluding hydrogens is 227 g/mol. The Morgan fingerprint density at radius 1 is 1.39 bits per heavy atom. The predicted molar refractivity (Wildman–Crippen MR) is 74.3 cm³/mol. The number of hydrogen-bond acceptors (Lipinski definition) is 2. The molecule has 0 spiro atoms. The van der Waals surface area contributed by atoms with Crippen molar-refractivity contribution in [3.63, 3.8) is 0 Å². The lowest BCUT2D eigenvalue weighted by molar-refractivity contribution is 0.571. The third kappa shape index (κ3) is 2.83. The number of rotatable bonds is 5. The van der Waals surface area contributed by atoms with E-state index in [0.717, 1.165) is 23.6 Å². The van der Waals surface area contributed by atoms with Crippen molar-refractivity contribution >= 4 is 5.69 Å². The first-order valence-electron chi connectivity index (χ1n) is 6.76. The Morgan fingerprint density at radius 2 is 2.06 bits per heavy atom. The van der Waals surface area contributed by atoms with Crippen LogP contribution in [0.25, 0.3) is 0 Å². The lowest BCUT2D eigenvalue weighted by atomic mass is 10.0. The van der Waals surface area contributed by atoms with Gasteiger partial charge in [-0.3, -0.25) is 0 Å². The predicted octanol–water partition coefficient (Wildman–Crippen LogP) is 2.95. The first-order valence-corrected chi connectivity index (χ1v) is 6.76. The standard InChI is InChI=1S/C15H23FN2/c1-10(17)9-13-5-4-6-14(16)15(13)18(3)11(2)12-7-8-12/h4-6,10-12H,7-9,17H2,1-3H3. The first-order chi connectivity index (χ1) is 8.50. The smallest absolute Gasteiger partial charge is 0.146 e. The number of nitrogens with two attached hydrogens (primary N) is 1. The molecule has 1 aromatic rings. The summed E-state index contributed by atoms with van der Waals surface area (Å²) in [6, 6.07) is 5.74. The molecular formula is C15H23FN2. The van der Waals surface area contributed by atoms with Crippen LogP contribution in [0.5, 0.6) is 0 Å². The minimum absolute atomic E-state index is 0.0511. The lowest BCUT2D eigenvalue weighted by Gasteiger charge is -2.30. The molecule has 0 aliphatic heterocycles. The average Bonchev–Trinajstić information content (AvgIpc) is 3.10. The first kappa shape index (κ1) is 13.3. The van der Waals surface area contributed by atoms with Crippen LogP contribution in [-0.4, -0.2) is 19.1 Å². The molecule has 1 fully saturated rings. The lowest BCUT2D eigenvalue weighted by Crippen LogP contribution is -2.33. The monoisotopic (exact) mass is 250 g/mol. The highest BCUT2D eigenvalue weighted by molar-refractivity contribution is 5.55. The van der Waals surface area contributed by atoms with E-state index in [1.165, 1.54) is 18.9 Å². The highest BCUT2D eigenvalue weighted by atomic mass is 19.1. The average molecular weight is 250 g/mol. The van der Waals surface area contributed by atoms with Crippen LogP contribution in [0, 0.1) is 11.7 Å². The number of hydrogen-bond donors (Lipinski definition) is 1. The van der Waals surface area contributed by atoms with Gasteiger partial charge in [0.1, 0.15) is 5.82 Å². The second-order valence-corrected chi connectivity index (χ2v) is 5.62. The van der Waals surface area contributed by atoms with Crippen molar-refractivity contribution in [1.82, 2.24) is 0 Å². The summed E-state index contributed by atoms with van der Waals surface area (Å²) in [6.45, 7) is 4.14. The van der Waals surface area contributed by atoms with E-state index >= 15 is 0 Å². The maximum absolute atomic E-state index is 14.1. The third-order valence-corrected chi connectivity index (χ3v) is 3.88. The number of nitrogens with zero attached hydrogens (tertiary/aromatic N) is 1. The van der Waals surface area contributed by atoms with Gasteiger partial charge >= 0.3 is 0 Å². The van der Waals surface area contributed by atoms with Crippen LogP contribution < -0.4 is 10.6 Å². The Labute approximate surface area is 109 Å². The highest BCUT2D eigenvalue weighted by Crippen LogP contribution is 2.37. The van der Waals surface area contributed by atoms with Gasteiger partial charge in [0.25, 0.3) is 0 Å². The van der Waals surface area contributed by atoms with E-state index in [1.54, 1.807) is 6.07 Å². The maximum Gasteiger partial charge on any atom is 0.146 e. The van der Waals surface area contributed by atoms with Crippen LogP contribution in [0.2, 0.25) is 0 Å². The third-order valence-electron chi connectivity index (χ3n) is 3.88. The molecule has 0 amide bonds. The SMILES string of the molecule is CC(N)Cc1cccc(F)c1N(C)C(C)C1CC1. The summed E-state index contributed by atoms with van der Waals surface area (Å²) in [6.07, 6.45) is 3.25. The molecule has 2 unspecified atom stereocenters. The van der Waals surface area contributed by atoms with E-state index in [-0.39, 0.29) is 11.9 Å². The van der Waals surface area contributed by atoms with Gasteiger partial charge in [-0.1, -0.05) is 12.1 Å². The Morgan fingerprint density at radius 3 is 2.61 bits per heavy atom. The van der Waals surface area contributed by atoms with Gasteiger partial charge in [-0.15, -0.1) is 0 Å². The summed E-state index contributed by atoms with van der Waals surface area (Å²) >= 11 is 0. The summed E-state index contributed by atoms with van der Waals surface area (Å²) in [5.74, 6) is 0.584. The van der Waals surface area contributed by atoms with Crippen molar-refractivity contribution in [3.8, 4) is 0 Å². The molecule has 2 atom stereocenters. The number of para-hydroxylation sites is 1. The summed E-state index contributed by atoms with van der Waals surface area (Å²) in [5, 5.41) is 0. The van der Waals surface area contributed by atoms with Crippen LogP contribution in [-0.2, 0) is 6.42 Å². The molecule has 2 nitrogen and oxygen atoms in total. The van der Waals surface area contributed by atoms with Crippen LogP contribution >= 0.6 is 0 Å². The Balaban J connectivity index is 2.28. The fourth-order valence-electron chi connectivity index (χ4n) is 2.57. The minimum Gasteiger partial charge on any atom is -0.369 e. The zero-order chi connectivity index (χ0) is 13.3. The van der Waals surface area contributed by atoms with Crippen LogP contribution in [0.15, 0.2) is 18.2 Å². The quantitative estimate of drug-likeness (QED) is 0.870. The van der Waals surface area contributed by atoms with Crippen molar-refractivity contribution in [2.45, 2.75) is 45.2 Å². The van der Waals surface area contributed by atoms with E-state index in [2.05, 4.69) is 11.8 Å². The van der Waals surface area contributed by atoms with E-state index in [1.807, 2.05) is 20.0 Å². The van der Waals surface area contributed by atoms with E-state index in [4.69, 9.17) is 5.73 Å². The molecule has 0 saturated heterocycles. The van der Waals surface area contributed by atoms with Gasteiger partial charge in [-0.2, -0.15) is 0 Å². The van der Waals surface area contributed by atoms with E-state index in [0.29, 0.717) is 6.04 Å². The molecule has 1 aromatic carbocycles. The minimum atomic E-state index is -0.136. The number of benzene rings is 1. The molecule has 0 bridgehead atoms. The van der Waals surface area contributed by atoms with E-state index in [9.17, 15) is 4.39 Å². The molecule has 1 aliphatic rings. The summed E-state index contributed by atoms with van der Waals surface area (Å²) < 4.78 is 14.1. The zero-order valence-electron chi connectivity index (χ0n) is 11.5. The van der Waals surface area contributed by atoms with Gasteiger partial charge < -0.3 is 10.6 Å². The maximum atomic E-state index is 14.1. The molecule has 0 heterocycles. The fraction of sp³-hybridized carbons (Fsp3) is 0.600. The Hall–Kier alpha value is -1.09. The van der Waals surface area contributed by atoms with Gasteiger partial charge in [-0.05, 0) is 50.7 Å². The van der Waals surface area contributed by atoms with Crippen molar-refractivity contribution in [2.24, 2.45) is 11.7 Å². The Kier molecular flexibility index (Phi) is 3.91. The molecule has 2 rings (SSSR count). The Bertz CT molecular complexity index is 413. The molecule has 0 aromatic heterocycles. The second kappa shape index (κ2) is 5.27. The molecule has 100 valence electrons. The van der Waals surface area contributed by atoms with Gasteiger partial charge in [0.05, 0.1) is 5.69 Å². The summed E-state index contributed by atoms with van der Waals surface area (Å²) in [7, 11) is 1.99. The molecule has 0 radical (unpaired) electrons. The normalized spacial score (nSPS) is 18.5. The van der Waals surface area contributed by atoms with Gasteiger partial charge in [0.15, 0.2) is 0 Å². The van der Waals surface area contributed by atoms with Crippen LogP contribution in [0.1, 0.15) is 32.3 Å². The molecule has 18 heavy (non-hydrogen) atoms. The topological polar surface area (TPSA) is 29.3 Å². The molecule has 3 heteroatoms. The number of anilines is 1. The van der Waals surface area contributed by atoms with Crippen LogP contribution in [0.4, 0.5) is 10.1 Å². The van der Waals surface area contributed by atoms with E-state index < -0.39 is 0 Å². The van der Waals surface area contributed by atoms with Crippen molar-refractivity contribution in [2.75, 3.05) is 11.9 Å². The fourth-order valence-corrected chi connectivity index (χ4v) is 2.57. The molecule has 1 saturated carbocycles. The summed E-state index contributed by atoms with van der Waals surface area (Å²) in [5.41, 5.74) is 7.60. The van der Waals surface area contributed by atoms with Crippen molar-refractivity contribution in [3.05, 3.63) is 29.6 Å². The molecule has 1 aliphatic carbocycles. The zero-order valence-corrected chi connectivity index (χ0v) is 11.5. The van der Waals surface area contributed by atoms with Gasteiger partial charge in [-0.25, -0.2) is 4.39 Å². The van der Waals surface area contributed by atoms with Gasteiger partial charge in [0, 0.05) is 19.1 Å². The van der Waals surface area contributed by atoms with Crippen molar-refractivity contribution < 1.29 is 4.39 Å². The van der Waals surface area contributed by atoms with Gasteiger partial charge in [0.2, 0.25) is 0 Å². The van der Waals surface area contributed by atoms with Crippen LogP contribution in [0.3, 0.4) is 0 Å². The number of halogens is 1. The molecule has 2 N–H and O–H groups in total. The highest BCUT2D eigenvalue weighted by Gasteiger charge is 2.32. The van der Waals surface area contributed by atoms with Crippen molar-refractivity contribution in [1.29, 1.82) is 0 Å². The summed E-state index contributed by atoms with van der Waals surface area (Å²) in [4.78, 5) is 2.09.